The maximum atomic E-state index is 13.8. The minimum atomic E-state index is -0.555. The van der Waals surface area contributed by atoms with Gasteiger partial charge in [-0.25, -0.2) is 4.79 Å². The van der Waals surface area contributed by atoms with E-state index in [1.54, 1.807) is 7.11 Å². The molecule has 37 heavy (non-hydrogen) atoms. The largest absolute Gasteiger partial charge is 0.496 e. The molecule has 0 amide bonds. The zero-order valence-electron chi connectivity index (χ0n) is 21.2. The lowest BCUT2D eigenvalue weighted by molar-refractivity contribution is -0.139. The van der Waals surface area contributed by atoms with Crippen molar-refractivity contribution in [1.82, 2.24) is 5.32 Å². The smallest absolute Gasteiger partial charge is 0.336 e. The first-order valence-electron chi connectivity index (χ1n) is 12.7. The molecule has 0 saturated heterocycles. The van der Waals surface area contributed by atoms with Crippen LogP contribution in [0, 0.1) is 0 Å². The zero-order chi connectivity index (χ0) is 25.8. The normalized spacial score (nSPS) is 19.2. The van der Waals surface area contributed by atoms with E-state index in [4.69, 9.17) is 9.47 Å². The number of para-hydroxylation sites is 1. The summed E-state index contributed by atoms with van der Waals surface area (Å²) in [5.74, 6) is -0.199. The maximum Gasteiger partial charge on any atom is 0.336 e. The lowest BCUT2D eigenvalue weighted by Gasteiger charge is -2.37. The van der Waals surface area contributed by atoms with E-state index >= 15 is 0 Å². The van der Waals surface area contributed by atoms with Crippen LogP contribution < -0.4 is 10.1 Å². The van der Waals surface area contributed by atoms with Crippen molar-refractivity contribution in [3.05, 3.63) is 124 Å². The van der Waals surface area contributed by atoms with Crippen LogP contribution in [-0.4, -0.2) is 25.5 Å². The molecule has 1 aliphatic heterocycles. The van der Waals surface area contributed by atoms with Gasteiger partial charge in [-0.3, -0.25) is 4.79 Å². The molecule has 0 saturated carbocycles. The van der Waals surface area contributed by atoms with Crippen LogP contribution >= 0.6 is 0 Å². The summed E-state index contributed by atoms with van der Waals surface area (Å²) in [6.45, 7) is 2.14. The lowest BCUT2D eigenvalue weighted by Crippen LogP contribution is -2.36. The number of methoxy groups -OCH3 is 1. The van der Waals surface area contributed by atoms with Crippen molar-refractivity contribution in [3.8, 4) is 5.75 Å². The fraction of sp³-hybridized carbons (Fsp3) is 0.250. The molecule has 0 radical (unpaired) electrons. The summed E-state index contributed by atoms with van der Waals surface area (Å²) in [5, 5.41) is 3.42. The van der Waals surface area contributed by atoms with Crippen LogP contribution in [0.2, 0.25) is 0 Å². The number of benzene rings is 3. The van der Waals surface area contributed by atoms with Gasteiger partial charge in [-0.15, -0.1) is 0 Å². The fourth-order valence-corrected chi connectivity index (χ4v) is 5.47. The number of hydrogen-bond acceptors (Lipinski definition) is 5. The van der Waals surface area contributed by atoms with Crippen molar-refractivity contribution in [2.24, 2.45) is 0 Å². The third-order valence-electron chi connectivity index (χ3n) is 7.24. The summed E-state index contributed by atoms with van der Waals surface area (Å²) in [6, 6.07) is 27.7. The van der Waals surface area contributed by atoms with Crippen LogP contribution in [0.15, 0.2) is 107 Å². The molecule has 1 N–H and O–H groups in total. The van der Waals surface area contributed by atoms with Crippen LogP contribution in [-0.2, 0) is 20.7 Å². The Hall–Kier alpha value is -4.12. The fourth-order valence-electron chi connectivity index (χ4n) is 5.47. The van der Waals surface area contributed by atoms with Gasteiger partial charge < -0.3 is 14.8 Å². The Morgan fingerprint density at radius 1 is 0.919 bits per heavy atom. The van der Waals surface area contributed by atoms with Crippen LogP contribution in [0.3, 0.4) is 0 Å². The van der Waals surface area contributed by atoms with E-state index in [9.17, 15) is 9.59 Å². The van der Waals surface area contributed by atoms with Crippen molar-refractivity contribution in [3.63, 3.8) is 0 Å². The first-order chi connectivity index (χ1) is 18.1. The number of nitrogens with one attached hydrogen (secondary N) is 1. The number of ether oxygens (including phenoxy) is 2. The SMILES string of the molecule is COc1ccccc1[C@@H]1C(C(=O)OCCc2ccccc2)=C(C)NC2=C1C(=O)C[C@H](c1ccccc1)C2. The molecule has 2 aliphatic rings. The molecule has 188 valence electrons. The Morgan fingerprint density at radius 2 is 1.59 bits per heavy atom. The first-order valence-corrected chi connectivity index (χ1v) is 12.7. The Labute approximate surface area is 217 Å². The molecule has 1 heterocycles. The van der Waals surface area contributed by atoms with E-state index in [-0.39, 0.29) is 18.3 Å². The lowest BCUT2D eigenvalue weighted by atomic mass is 9.71. The second-order valence-electron chi connectivity index (χ2n) is 9.54. The molecular weight excluding hydrogens is 462 g/mol. The molecule has 1 aliphatic carbocycles. The zero-order valence-corrected chi connectivity index (χ0v) is 21.2. The summed E-state index contributed by atoms with van der Waals surface area (Å²) < 4.78 is 11.5. The number of carbonyl (C=O) groups is 2. The number of Topliss-reactive ketones (excluding diaryl/α,β-unsaturated/α-hetero) is 1. The van der Waals surface area contributed by atoms with Crippen LogP contribution in [0.25, 0.3) is 0 Å². The second kappa shape index (κ2) is 10.9. The Morgan fingerprint density at radius 3 is 2.32 bits per heavy atom. The minimum absolute atomic E-state index is 0.0422. The highest BCUT2D eigenvalue weighted by atomic mass is 16.5. The summed E-state index contributed by atoms with van der Waals surface area (Å²) in [4.78, 5) is 27.3. The van der Waals surface area contributed by atoms with Crippen LogP contribution in [0.4, 0.5) is 0 Å². The molecular formula is C32H31NO4. The predicted molar refractivity (Wildman–Crippen MR) is 143 cm³/mol. The molecule has 0 fully saturated rings. The Balaban J connectivity index is 1.49. The number of esters is 1. The van der Waals surface area contributed by atoms with Gasteiger partial charge in [0.05, 0.1) is 25.2 Å². The number of ketones is 1. The Bertz CT molecular complexity index is 1360. The molecule has 0 spiro atoms. The number of dihydropyridines is 1. The van der Waals surface area contributed by atoms with Gasteiger partial charge in [0, 0.05) is 35.4 Å². The topological polar surface area (TPSA) is 64.6 Å². The van der Waals surface area contributed by atoms with E-state index in [1.807, 2.05) is 79.7 Å². The van der Waals surface area contributed by atoms with Crippen molar-refractivity contribution in [2.45, 2.75) is 38.0 Å². The number of carbonyl (C=O) groups excluding carboxylic acids is 2. The second-order valence-corrected chi connectivity index (χ2v) is 9.54. The molecule has 2 atom stereocenters. The predicted octanol–water partition coefficient (Wildman–Crippen LogP) is 5.84. The van der Waals surface area contributed by atoms with E-state index in [0.29, 0.717) is 41.9 Å². The monoisotopic (exact) mass is 493 g/mol. The van der Waals surface area contributed by atoms with E-state index in [1.165, 1.54) is 0 Å². The third-order valence-corrected chi connectivity index (χ3v) is 7.24. The van der Waals surface area contributed by atoms with Gasteiger partial charge in [0.15, 0.2) is 5.78 Å². The Kier molecular flexibility index (Phi) is 7.22. The minimum Gasteiger partial charge on any atom is -0.496 e. The number of rotatable bonds is 7. The first kappa shape index (κ1) is 24.6. The van der Waals surface area contributed by atoms with Gasteiger partial charge >= 0.3 is 5.97 Å². The highest BCUT2D eigenvalue weighted by Crippen LogP contribution is 2.47. The van der Waals surface area contributed by atoms with Crippen LogP contribution in [0.5, 0.6) is 5.75 Å². The van der Waals surface area contributed by atoms with E-state index < -0.39 is 11.9 Å². The van der Waals surface area contributed by atoms with Gasteiger partial charge in [0.1, 0.15) is 5.75 Å². The summed E-state index contributed by atoms with van der Waals surface area (Å²) in [6.07, 6.45) is 1.72. The molecule has 3 aromatic rings. The highest BCUT2D eigenvalue weighted by Gasteiger charge is 2.42. The summed E-state index contributed by atoms with van der Waals surface area (Å²) in [7, 11) is 1.61. The van der Waals surface area contributed by atoms with Gasteiger partial charge in [0.25, 0.3) is 0 Å². The third kappa shape index (κ3) is 5.08. The molecule has 3 aromatic carbocycles. The van der Waals surface area contributed by atoms with Gasteiger partial charge in [0.2, 0.25) is 0 Å². The van der Waals surface area contributed by atoms with Crippen molar-refractivity contribution < 1.29 is 19.1 Å². The number of hydrogen-bond donors (Lipinski definition) is 1. The molecule has 0 unspecified atom stereocenters. The van der Waals surface area contributed by atoms with Crippen molar-refractivity contribution in [2.75, 3.05) is 13.7 Å². The standard InChI is InChI=1S/C32H31NO4/c1-21-29(32(35)37-18-17-22-11-5-3-6-12-22)30(25-15-9-10-16-28(25)36-2)31-26(33-21)19-24(20-27(31)34)23-13-7-4-8-14-23/h3-16,24,30,33H,17-20H2,1-2H3/t24-,30-/m1/s1. The van der Waals surface area contributed by atoms with Crippen LogP contribution in [0.1, 0.15) is 48.3 Å². The van der Waals surface area contributed by atoms with Crippen molar-refractivity contribution in [1.29, 1.82) is 0 Å². The average Bonchev–Trinajstić information content (AvgIpc) is 2.93. The van der Waals surface area contributed by atoms with Gasteiger partial charge in [-0.1, -0.05) is 78.9 Å². The summed E-state index contributed by atoms with van der Waals surface area (Å²) >= 11 is 0. The molecule has 0 bridgehead atoms. The molecule has 5 heteroatoms. The molecule has 5 rings (SSSR count). The van der Waals surface area contributed by atoms with E-state index in [0.717, 1.165) is 22.4 Å². The van der Waals surface area contributed by atoms with Gasteiger partial charge in [-0.2, -0.15) is 0 Å². The maximum absolute atomic E-state index is 13.8. The summed E-state index contributed by atoms with van der Waals surface area (Å²) in [5.41, 5.74) is 5.72. The van der Waals surface area contributed by atoms with Crippen molar-refractivity contribution >= 4 is 11.8 Å². The molecule has 5 nitrogen and oxygen atoms in total. The van der Waals surface area contributed by atoms with E-state index in [2.05, 4.69) is 17.4 Å². The molecule has 0 aromatic heterocycles. The van der Waals surface area contributed by atoms with Gasteiger partial charge in [-0.05, 0) is 36.5 Å². The quantitative estimate of drug-likeness (QED) is 0.419. The average molecular weight is 494 g/mol. The number of allylic oxidation sites excluding steroid dienone is 3. The highest BCUT2D eigenvalue weighted by molar-refractivity contribution is 6.04.